The minimum Gasteiger partial charge on any atom is -0.508 e. The Morgan fingerprint density at radius 2 is 1.58 bits per heavy atom. The zero-order valence-electron chi connectivity index (χ0n) is 10.6. The van der Waals surface area contributed by atoms with Crippen molar-refractivity contribution in [2.24, 2.45) is 0 Å². The van der Waals surface area contributed by atoms with Gasteiger partial charge in [-0.3, -0.25) is 0 Å². The van der Waals surface area contributed by atoms with E-state index in [0.29, 0.717) is 11.3 Å². The molecule has 0 saturated carbocycles. The Morgan fingerprint density at radius 1 is 1.00 bits per heavy atom. The van der Waals surface area contributed by atoms with Crippen LogP contribution in [0.5, 0.6) is 11.5 Å². The number of sulfone groups is 1. The fourth-order valence-corrected chi connectivity index (χ4v) is 3.03. The first kappa shape index (κ1) is 13.4. The smallest absolute Gasteiger partial charge is 0.206 e. The first-order valence-electron chi connectivity index (χ1n) is 5.64. The van der Waals surface area contributed by atoms with Gasteiger partial charge in [-0.1, -0.05) is 0 Å². The van der Waals surface area contributed by atoms with E-state index in [1.54, 1.807) is 19.1 Å². The van der Waals surface area contributed by atoms with Crippen LogP contribution in [0.3, 0.4) is 0 Å². The highest BCUT2D eigenvalue weighted by Gasteiger charge is 2.18. The lowest BCUT2D eigenvalue weighted by molar-refractivity contribution is 0.414. The van der Waals surface area contributed by atoms with Gasteiger partial charge < -0.3 is 9.84 Å². The van der Waals surface area contributed by atoms with Crippen molar-refractivity contribution in [3.05, 3.63) is 48.0 Å². The van der Waals surface area contributed by atoms with Gasteiger partial charge in [0.05, 0.1) is 16.9 Å². The predicted octanol–water partition coefficient (Wildman–Crippen LogP) is 2.54. The lowest BCUT2D eigenvalue weighted by Crippen LogP contribution is -2.02. The zero-order valence-corrected chi connectivity index (χ0v) is 11.4. The van der Waals surface area contributed by atoms with Crippen molar-refractivity contribution in [3.8, 4) is 11.5 Å². The van der Waals surface area contributed by atoms with Crippen LogP contribution in [0.1, 0.15) is 5.56 Å². The molecule has 2 rings (SSSR count). The second-order valence-electron chi connectivity index (χ2n) is 4.13. The number of aryl methyl sites for hydroxylation is 1. The third-order valence-electron chi connectivity index (χ3n) is 2.85. The average molecular weight is 278 g/mol. The van der Waals surface area contributed by atoms with Gasteiger partial charge in [0.15, 0.2) is 0 Å². The summed E-state index contributed by atoms with van der Waals surface area (Å²) >= 11 is 0. The van der Waals surface area contributed by atoms with Gasteiger partial charge in [0.2, 0.25) is 9.84 Å². The SMILES string of the molecule is COc1ccc(S(=O)(=O)c2ccc(O)c(C)c2)cc1. The maximum atomic E-state index is 12.4. The molecule has 1 N–H and O–H groups in total. The Bertz CT molecular complexity index is 688. The Labute approximate surface area is 112 Å². The van der Waals surface area contributed by atoms with E-state index >= 15 is 0 Å². The molecule has 5 heteroatoms. The number of aromatic hydroxyl groups is 1. The highest BCUT2D eigenvalue weighted by molar-refractivity contribution is 7.91. The van der Waals surface area contributed by atoms with Crippen molar-refractivity contribution in [2.45, 2.75) is 16.7 Å². The minimum atomic E-state index is -3.57. The fraction of sp³-hybridized carbons (Fsp3) is 0.143. The van der Waals surface area contributed by atoms with Crippen molar-refractivity contribution < 1.29 is 18.3 Å². The topological polar surface area (TPSA) is 63.6 Å². The molecule has 0 aliphatic heterocycles. The summed E-state index contributed by atoms with van der Waals surface area (Å²) in [5, 5.41) is 9.44. The Balaban J connectivity index is 2.48. The van der Waals surface area contributed by atoms with Crippen molar-refractivity contribution in [1.29, 1.82) is 0 Å². The van der Waals surface area contributed by atoms with Crippen LogP contribution in [0.25, 0.3) is 0 Å². The summed E-state index contributed by atoms with van der Waals surface area (Å²) in [4.78, 5) is 0.353. The molecule has 0 saturated heterocycles. The van der Waals surface area contributed by atoms with E-state index in [0.717, 1.165) is 0 Å². The molecular formula is C14H14O4S. The number of hydrogen-bond acceptors (Lipinski definition) is 4. The molecule has 0 unspecified atom stereocenters. The monoisotopic (exact) mass is 278 g/mol. The van der Waals surface area contributed by atoms with E-state index in [9.17, 15) is 13.5 Å². The highest BCUT2D eigenvalue weighted by atomic mass is 32.2. The van der Waals surface area contributed by atoms with Gasteiger partial charge in [0.25, 0.3) is 0 Å². The van der Waals surface area contributed by atoms with Crippen LogP contribution in [0.2, 0.25) is 0 Å². The lowest BCUT2D eigenvalue weighted by Gasteiger charge is -2.07. The Morgan fingerprint density at radius 3 is 2.11 bits per heavy atom. The standard InChI is InChI=1S/C14H14O4S/c1-10-9-13(7-8-14(10)15)19(16,17)12-5-3-11(18-2)4-6-12/h3-9,15H,1-2H3. The number of phenolic OH excluding ortho intramolecular Hbond substituents is 1. The van der Waals surface area contributed by atoms with E-state index in [-0.39, 0.29) is 15.5 Å². The molecule has 0 amide bonds. The van der Waals surface area contributed by atoms with Crippen molar-refractivity contribution >= 4 is 9.84 Å². The molecule has 19 heavy (non-hydrogen) atoms. The van der Waals surface area contributed by atoms with E-state index < -0.39 is 9.84 Å². The van der Waals surface area contributed by atoms with Gasteiger partial charge in [-0.15, -0.1) is 0 Å². The van der Waals surface area contributed by atoms with Crippen LogP contribution in [0, 0.1) is 6.92 Å². The molecule has 2 aromatic carbocycles. The number of hydrogen-bond donors (Lipinski definition) is 1. The molecule has 0 aliphatic carbocycles. The van der Waals surface area contributed by atoms with Gasteiger partial charge >= 0.3 is 0 Å². The van der Waals surface area contributed by atoms with Crippen LogP contribution in [0.4, 0.5) is 0 Å². The molecular weight excluding hydrogens is 264 g/mol. The Hall–Kier alpha value is -2.01. The van der Waals surface area contributed by atoms with E-state index in [1.165, 1.54) is 37.4 Å². The number of methoxy groups -OCH3 is 1. The van der Waals surface area contributed by atoms with Crippen LogP contribution in [-0.2, 0) is 9.84 Å². The average Bonchev–Trinajstić information content (AvgIpc) is 2.41. The van der Waals surface area contributed by atoms with Gasteiger partial charge in [0, 0.05) is 0 Å². The lowest BCUT2D eigenvalue weighted by atomic mass is 10.2. The van der Waals surface area contributed by atoms with Crippen LogP contribution in [0.15, 0.2) is 52.3 Å². The molecule has 0 radical (unpaired) electrons. The predicted molar refractivity (Wildman–Crippen MR) is 71.3 cm³/mol. The van der Waals surface area contributed by atoms with Gasteiger partial charge in [0.1, 0.15) is 11.5 Å². The highest BCUT2D eigenvalue weighted by Crippen LogP contribution is 2.26. The molecule has 0 aliphatic rings. The van der Waals surface area contributed by atoms with Gasteiger partial charge in [-0.25, -0.2) is 8.42 Å². The normalized spacial score (nSPS) is 11.3. The van der Waals surface area contributed by atoms with Gasteiger partial charge in [-0.2, -0.15) is 0 Å². The van der Waals surface area contributed by atoms with Crippen molar-refractivity contribution in [1.82, 2.24) is 0 Å². The third kappa shape index (κ3) is 2.56. The summed E-state index contributed by atoms with van der Waals surface area (Å²) in [6, 6.07) is 10.4. The molecule has 0 bridgehead atoms. The van der Waals surface area contributed by atoms with E-state index in [2.05, 4.69) is 0 Å². The number of ether oxygens (including phenoxy) is 1. The summed E-state index contributed by atoms with van der Waals surface area (Å²) < 4.78 is 29.7. The zero-order chi connectivity index (χ0) is 14.0. The fourth-order valence-electron chi connectivity index (χ4n) is 1.69. The molecule has 0 atom stereocenters. The Kier molecular flexibility index (Phi) is 3.48. The third-order valence-corrected chi connectivity index (χ3v) is 4.62. The molecule has 0 heterocycles. The maximum absolute atomic E-state index is 12.4. The van der Waals surface area contributed by atoms with Crippen LogP contribution in [-0.4, -0.2) is 20.6 Å². The molecule has 0 spiro atoms. The summed E-state index contributed by atoms with van der Waals surface area (Å²) in [6.07, 6.45) is 0. The second-order valence-corrected chi connectivity index (χ2v) is 6.08. The molecule has 2 aromatic rings. The van der Waals surface area contributed by atoms with Crippen LogP contribution < -0.4 is 4.74 Å². The van der Waals surface area contributed by atoms with E-state index in [1.807, 2.05) is 0 Å². The number of rotatable bonds is 3. The summed E-state index contributed by atoms with van der Waals surface area (Å²) in [7, 11) is -2.05. The molecule has 0 fully saturated rings. The maximum Gasteiger partial charge on any atom is 0.206 e. The minimum absolute atomic E-state index is 0.0775. The number of benzene rings is 2. The first-order chi connectivity index (χ1) is 8.95. The van der Waals surface area contributed by atoms with E-state index in [4.69, 9.17) is 4.74 Å². The van der Waals surface area contributed by atoms with Crippen molar-refractivity contribution in [2.75, 3.05) is 7.11 Å². The van der Waals surface area contributed by atoms with Gasteiger partial charge in [-0.05, 0) is 55.0 Å². The summed E-state index contributed by atoms with van der Waals surface area (Å²) in [5.41, 5.74) is 0.523. The summed E-state index contributed by atoms with van der Waals surface area (Å²) in [6.45, 7) is 1.66. The van der Waals surface area contributed by atoms with Crippen LogP contribution >= 0.6 is 0 Å². The van der Waals surface area contributed by atoms with Crippen molar-refractivity contribution in [3.63, 3.8) is 0 Å². The quantitative estimate of drug-likeness (QED) is 0.937. The summed E-state index contributed by atoms with van der Waals surface area (Å²) in [5.74, 6) is 0.675. The number of phenols is 1. The second kappa shape index (κ2) is 4.93. The first-order valence-corrected chi connectivity index (χ1v) is 7.12. The molecule has 0 aromatic heterocycles. The molecule has 100 valence electrons. The molecule has 4 nitrogen and oxygen atoms in total. The largest absolute Gasteiger partial charge is 0.508 e.